The average Bonchev–Trinajstić information content (AvgIpc) is 3.03. The second kappa shape index (κ2) is 7.51. The van der Waals surface area contributed by atoms with Crippen molar-refractivity contribution >= 4 is 16.8 Å². The molecule has 0 radical (unpaired) electrons. The number of carbonyl (C=O) groups is 1. The predicted molar refractivity (Wildman–Crippen MR) is 99.0 cm³/mol. The van der Waals surface area contributed by atoms with Crippen molar-refractivity contribution in [2.75, 3.05) is 6.54 Å². The Labute approximate surface area is 147 Å². The van der Waals surface area contributed by atoms with Crippen molar-refractivity contribution in [3.8, 4) is 0 Å². The van der Waals surface area contributed by atoms with Crippen LogP contribution >= 0.6 is 0 Å². The minimum absolute atomic E-state index is 0.00769. The van der Waals surface area contributed by atoms with Gasteiger partial charge < -0.3 is 10.3 Å². The second-order valence-corrected chi connectivity index (χ2v) is 6.80. The Balaban J connectivity index is 1.94. The molecule has 25 heavy (non-hydrogen) atoms. The van der Waals surface area contributed by atoms with Crippen molar-refractivity contribution < 1.29 is 9.18 Å². The minimum atomic E-state index is -0.273. The molecular formula is C21H23FN2O. The summed E-state index contributed by atoms with van der Waals surface area (Å²) in [5.41, 5.74) is 3.03. The van der Waals surface area contributed by atoms with Crippen LogP contribution in [0.15, 0.2) is 54.7 Å². The molecule has 3 rings (SSSR count). The lowest BCUT2D eigenvalue weighted by Crippen LogP contribution is -2.28. The van der Waals surface area contributed by atoms with Crippen LogP contribution in [0.1, 0.15) is 37.3 Å². The summed E-state index contributed by atoms with van der Waals surface area (Å²) in [6.07, 6.45) is 2.29. The van der Waals surface area contributed by atoms with Gasteiger partial charge in [-0.3, -0.25) is 4.79 Å². The summed E-state index contributed by atoms with van der Waals surface area (Å²) in [6.45, 7) is 4.79. The molecule has 0 aliphatic carbocycles. The van der Waals surface area contributed by atoms with Gasteiger partial charge in [0.25, 0.3) is 0 Å². The number of benzene rings is 2. The summed E-state index contributed by atoms with van der Waals surface area (Å²) in [7, 11) is 0. The van der Waals surface area contributed by atoms with E-state index in [1.54, 1.807) is 12.1 Å². The molecular weight excluding hydrogens is 315 g/mol. The fourth-order valence-electron chi connectivity index (χ4n) is 3.06. The highest BCUT2D eigenvalue weighted by atomic mass is 19.1. The summed E-state index contributed by atoms with van der Waals surface area (Å²) in [6, 6.07) is 14.4. The van der Waals surface area contributed by atoms with E-state index in [0.717, 1.165) is 22.0 Å². The van der Waals surface area contributed by atoms with E-state index in [0.29, 0.717) is 18.9 Å². The monoisotopic (exact) mass is 338 g/mol. The number of aromatic nitrogens is 1. The Morgan fingerprint density at radius 1 is 1.12 bits per heavy atom. The predicted octanol–water partition coefficient (Wildman–Crippen LogP) is 4.60. The maximum absolute atomic E-state index is 13.3. The molecule has 4 heteroatoms. The number of carbonyl (C=O) groups excluding carboxylic acids is 1. The van der Waals surface area contributed by atoms with Gasteiger partial charge in [-0.05, 0) is 35.2 Å². The number of fused-ring (bicyclic) bond motifs is 1. The van der Waals surface area contributed by atoms with Crippen molar-refractivity contribution in [3.05, 3.63) is 71.7 Å². The molecule has 1 heterocycles. The van der Waals surface area contributed by atoms with Gasteiger partial charge in [-0.15, -0.1) is 0 Å². The number of nitrogens with one attached hydrogen (secondary N) is 2. The van der Waals surface area contributed by atoms with E-state index in [9.17, 15) is 9.18 Å². The van der Waals surface area contributed by atoms with Gasteiger partial charge >= 0.3 is 0 Å². The topological polar surface area (TPSA) is 44.9 Å². The SMILES string of the molecule is CC(C)CNC(=O)CC(c1ccc(F)cc1)c1c[nH]c2ccccc12. The van der Waals surface area contributed by atoms with Crippen molar-refractivity contribution in [1.82, 2.24) is 10.3 Å². The van der Waals surface area contributed by atoms with Crippen LogP contribution in [-0.4, -0.2) is 17.4 Å². The van der Waals surface area contributed by atoms with Crippen LogP contribution in [-0.2, 0) is 4.79 Å². The molecule has 3 nitrogen and oxygen atoms in total. The first-order valence-electron chi connectivity index (χ1n) is 8.62. The number of H-pyrrole nitrogens is 1. The number of rotatable bonds is 6. The molecule has 130 valence electrons. The van der Waals surface area contributed by atoms with Crippen LogP contribution in [0.3, 0.4) is 0 Å². The van der Waals surface area contributed by atoms with E-state index in [1.165, 1.54) is 12.1 Å². The second-order valence-electron chi connectivity index (χ2n) is 6.80. The highest BCUT2D eigenvalue weighted by Crippen LogP contribution is 2.33. The molecule has 0 aliphatic heterocycles. The number of para-hydroxylation sites is 1. The zero-order chi connectivity index (χ0) is 17.8. The van der Waals surface area contributed by atoms with E-state index in [1.807, 2.05) is 30.5 Å². The molecule has 0 saturated heterocycles. The first-order valence-corrected chi connectivity index (χ1v) is 8.62. The van der Waals surface area contributed by atoms with Crippen LogP contribution in [0, 0.1) is 11.7 Å². The van der Waals surface area contributed by atoms with Gasteiger partial charge in [0.15, 0.2) is 0 Å². The molecule has 3 aromatic rings. The van der Waals surface area contributed by atoms with Gasteiger partial charge in [0.2, 0.25) is 5.91 Å². The van der Waals surface area contributed by atoms with E-state index < -0.39 is 0 Å². The lowest BCUT2D eigenvalue weighted by Gasteiger charge is -2.18. The van der Waals surface area contributed by atoms with Gasteiger partial charge in [0.1, 0.15) is 5.82 Å². The summed E-state index contributed by atoms with van der Waals surface area (Å²) < 4.78 is 13.3. The van der Waals surface area contributed by atoms with Crippen LogP contribution in [0.5, 0.6) is 0 Å². The average molecular weight is 338 g/mol. The summed E-state index contributed by atoms with van der Waals surface area (Å²) in [5, 5.41) is 4.07. The third-order valence-electron chi connectivity index (χ3n) is 4.37. The molecule has 2 aromatic carbocycles. The molecule has 0 bridgehead atoms. The number of hydrogen-bond acceptors (Lipinski definition) is 1. The smallest absolute Gasteiger partial charge is 0.220 e. The van der Waals surface area contributed by atoms with Crippen molar-refractivity contribution in [3.63, 3.8) is 0 Å². The van der Waals surface area contributed by atoms with Gasteiger partial charge in [0, 0.05) is 36.0 Å². The third-order valence-corrected chi connectivity index (χ3v) is 4.37. The lowest BCUT2D eigenvalue weighted by atomic mass is 9.88. The van der Waals surface area contributed by atoms with Crippen molar-refractivity contribution in [1.29, 1.82) is 0 Å². The zero-order valence-corrected chi connectivity index (χ0v) is 14.6. The number of amides is 1. The Kier molecular flexibility index (Phi) is 5.17. The van der Waals surface area contributed by atoms with E-state index in [-0.39, 0.29) is 17.6 Å². The Morgan fingerprint density at radius 2 is 1.84 bits per heavy atom. The molecule has 1 aromatic heterocycles. The number of aromatic amines is 1. The van der Waals surface area contributed by atoms with Crippen LogP contribution in [0.4, 0.5) is 4.39 Å². The summed E-state index contributed by atoms with van der Waals surface area (Å²) in [4.78, 5) is 15.7. The van der Waals surface area contributed by atoms with Gasteiger partial charge in [-0.25, -0.2) is 4.39 Å². The van der Waals surface area contributed by atoms with Crippen molar-refractivity contribution in [2.45, 2.75) is 26.2 Å². The standard InChI is InChI=1S/C21H23FN2O/c1-14(2)12-24-21(25)11-18(15-7-9-16(22)10-8-15)19-13-23-20-6-4-3-5-17(19)20/h3-10,13-14,18,23H,11-12H2,1-2H3,(H,24,25). The molecule has 0 spiro atoms. The fourth-order valence-corrected chi connectivity index (χ4v) is 3.06. The highest BCUT2D eigenvalue weighted by Gasteiger charge is 2.21. The largest absolute Gasteiger partial charge is 0.361 e. The molecule has 1 unspecified atom stereocenters. The van der Waals surface area contributed by atoms with Crippen LogP contribution < -0.4 is 5.32 Å². The molecule has 0 aliphatic rings. The highest BCUT2D eigenvalue weighted by molar-refractivity contribution is 5.86. The number of hydrogen-bond donors (Lipinski definition) is 2. The lowest BCUT2D eigenvalue weighted by molar-refractivity contribution is -0.121. The van der Waals surface area contributed by atoms with Gasteiger partial charge in [-0.1, -0.05) is 44.2 Å². The van der Waals surface area contributed by atoms with E-state index in [4.69, 9.17) is 0 Å². The molecule has 1 atom stereocenters. The van der Waals surface area contributed by atoms with Crippen LogP contribution in [0.2, 0.25) is 0 Å². The van der Waals surface area contributed by atoms with Gasteiger partial charge in [0.05, 0.1) is 0 Å². The number of halogens is 1. The first kappa shape index (κ1) is 17.2. The molecule has 0 fully saturated rings. The molecule has 0 saturated carbocycles. The first-order chi connectivity index (χ1) is 12.0. The fraction of sp³-hybridized carbons (Fsp3) is 0.286. The van der Waals surface area contributed by atoms with E-state index in [2.05, 4.69) is 24.1 Å². The quantitative estimate of drug-likeness (QED) is 0.678. The summed E-state index contributed by atoms with van der Waals surface area (Å²) >= 11 is 0. The normalized spacial score (nSPS) is 12.5. The van der Waals surface area contributed by atoms with Crippen molar-refractivity contribution in [2.24, 2.45) is 5.92 Å². The van der Waals surface area contributed by atoms with Gasteiger partial charge in [-0.2, -0.15) is 0 Å². The summed E-state index contributed by atoms with van der Waals surface area (Å²) in [5.74, 6) is 0.0178. The maximum Gasteiger partial charge on any atom is 0.220 e. The minimum Gasteiger partial charge on any atom is -0.361 e. The molecule has 2 N–H and O–H groups in total. The van der Waals surface area contributed by atoms with Crippen LogP contribution in [0.25, 0.3) is 10.9 Å². The zero-order valence-electron chi connectivity index (χ0n) is 14.6. The van der Waals surface area contributed by atoms with E-state index >= 15 is 0 Å². The Bertz CT molecular complexity index is 852. The third kappa shape index (κ3) is 4.08. The Hall–Kier alpha value is -2.62. The maximum atomic E-state index is 13.3. The molecule has 1 amide bonds. The Morgan fingerprint density at radius 3 is 2.56 bits per heavy atom.